The number of carbonyl (C=O) groups excluding carboxylic acids is 1. The normalized spacial score (nSPS) is 13.7. The molecule has 3 aromatic rings. The fourth-order valence-corrected chi connectivity index (χ4v) is 3.01. The molecule has 0 fully saturated rings. The van der Waals surface area contributed by atoms with Crippen molar-refractivity contribution in [3.8, 4) is 10.8 Å². The molecule has 0 radical (unpaired) electrons. The van der Waals surface area contributed by atoms with Crippen molar-refractivity contribution in [3.05, 3.63) is 40.3 Å². The molecule has 8 nitrogen and oxygen atoms in total. The third-order valence-corrected chi connectivity index (χ3v) is 4.38. The molecule has 0 bridgehead atoms. The standard InChI is InChI=1S/C14H13N5O3S/c20-13(12-8-7-21-4-3-9(8)17-18-12)15-6-11-16-14(22-19-11)10-2-1-5-23-10/h1-2,5H,3-4,6-7H2,(H,15,20)(H,17,18). The summed E-state index contributed by atoms with van der Waals surface area (Å²) in [5, 5.41) is 15.5. The average Bonchev–Trinajstić information content (AvgIpc) is 3.31. The smallest absolute Gasteiger partial charge is 0.272 e. The van der Waals surface area contributed by atoms with Gasteiger partial charge in [-0.3, -0.25) is 9.89 Å². The summed E-state index contributed by atoms with van der Waals surface area (Å²) in [5.74, 6) is 0.590. The zero-order chi connectivity index (χ0) is 15.6. The molecular formula is C14H13N5O3S. The quantitative estimate of drug-likeness (QED) is 0.751. The van der Waals surface area contributed by atoms with Crippen LogP contribution in [0.1, 0.15) is 27.6 Å². The minimum atomic E-state index is -0.282. The molecule has 3 aromatic heterocycles. The summed E-state index contributed by atoms with van der Waals surface area (Å²) in [4.78, 5) is 17.4. The average molecular weight is 331 g/mol. The van der Waals surface area contributed by atoms with E-state index in [9.17, 15) is 4.79 Å². The topological polar surface area (TPSA) is 106 Å². The first-order valence-corrected chi connectivity index (χ1v) is 7.98. The van der Waals surface area contributed by atoms with Crippen LogP contribution in [0.3, 0.4) is 0 Å². The maximum Gasteiger partial charge on any atom is 0.272 e. The Morgan fingerprint density at radius 1 is 1.48 bits per heavy atom. The van der Waals surface area contributed by atoms with Crippen LogP contribution in [0.15, 0.2) is 22.0 Å². The number of nitrogens with one attached hydrogen (secondary N) is 2. The van der Waals surface area contributed by atoms with Crippen molar-refractivity contribution in [3.63, 3.8) is 0 Å². The minimum absolute atomic E-state index is 0.177. The van der Waals surface area contributed by atoms with Crippen LogP contribution in [0.2, 0.25) is 0 Å². The molecule has 0 unspecified atom stereocenters. The van der Waals surface area contributed by atoms with E-state index in [1.165, 1.54) is 11.3 Å². The predicted octanol–water partition coefficient (Wildman–Crippen LogP) is 1.52. The summed E-state index contributed by atoms with van der Waals surface area (Å²) in [6, 6.07) is 3.81. The largest absolute Gasteiger partial charge is 0.376 e. The van der Waals surface area contributed by atoms with E-state index in [4.69, 9.17) is 9.26 Å². The van der Waals surface area contributed by atoms with Gasteiger partial charge in [-0.05, 0) is 11.4 Å². The Morgan fingerprint density at radius 2 is 2.43 bits per heavy atom. The van der Waals surface area contributed by atoms with Gasteiger partial charge in [-0.1, -0.05) is 11.2 Å². The second kappa shape index (κ2) is 5.94. The Labute approximate surface area is 134 Å². The van der Waals surface area contributed by atoms with Gasteiger partial charge in [0.15, 0.2) is 11.5 Å². The van der Waals surface area contributed by atoms with Crippen LogP contribution in [0.4, 0.5) is 0 Å². The van der Waals surface area contributed by atoms with Gasteiger partial charge in [0, 0.05) is 17.7 Å². The van der Waals surface area contributed by atoms with E-state index in [1.54, 1.807) is 0 Å². The Morgan fingerprint density at radius 3 is 3.30 bits per heavy atom. The van der Waals surface area contributed by atoms with Crippen LogP contribution >= 0.6 is 11.3 Å². The van der Waals surface area contributed by atoms with Crippen LogP contribution < -0.4 is 5.32 Å². The number of thiophene rings is 1. The van der Waals surface area contributed by atoms with E-state index in [0.717, 1.165) is 22.6 Å². The number of H-pyrrole nitrogens is 1. The Balaban J connectivity index is 1.43. The lowest BCUT2D eigenvalue weighted by Gasteiger charge is -2.11. The molecule has 0 aliphatic carbocycles. The van der Waals surface area contributed by atoms with E-state index in [1.807, 2.05) is 17.5 Å². The molecule has 0 spiro atoms. The highest BCUT2D eigenvalue weighted by molar-refractivity contribution is 7.13. The van der Waals surface area contributed by atoms with E-state index < -0.39 is 0 Å². The van der Waals surface area contributed by atoms with Crippen LogP contribution in [-0.4, -0.2) is 32.9 Å². The number of hydrogen-bond acceptors (Lipinski definition) is 7. The van der Waals surface area contributed by atoms with Gasteiger partial charge in [-0.25, -0.2) is 0 Å². The number of aromatic amines is 1. The second-order valence-electron chi connectivity index (χ2n) is 5.01. The maximum atomic E-state index is 12.3. The maximum absolute atomic E-state index is 12.3. The van der Waals surface area contributed by atoms with E-state index in [0.29, 0.717) is 30.6 Å². The third kappa shape index (κ3) is 2.76. The zero-order valence-electron chi connectivity index (χ0n) is 12.0. The molecule has 118 valence electrons. The van der Waals surface area contributed by atoms with Crippen LogP contribution in [-0.2, 0) is 24.3 Å². The number of aromatic nitrogens is 4. The van der Waals surface area contributed by atoms with E-state index in [-0.39, 0.29) is 12.5 Å². The lowest BCUT2D eigenvalue weighted by Crippen LogP contribution is -2.25. The van der Waals surface area contributed by atoms with Gasteiger partial charge < -0.3 is 14.6 Å². The Kier molecular flexibility index (Phi) is 3.64. The van der Waals surface area contributed by atoms with Gasteiger partial charge in [0.05, 0.1) is 24.6 Å². The molecule has 1 amide bonds. The number of nitrogens with zero attached hydrogens (tertiary/aromatic N) is 3. The number of rotatable bonds is 4. The molecule has 1 aliphatic rings. The van der Waals surface area contributed by atoms with Crippen molar-refractivity contribution >= 4 is 17.2 Å². The third-order valence-electron chi connectivity index (χ3n) is 3.52. The van der Waals surface area contributed by atoms with Crippen molar-refractivity contribution in [2.75, 3.05) is 6.61 Å². The highest BCUT2D eigenvalue weighted by Gasteiger charge is 2.22. The SMILES string of the molecule is O=C(NCc1noc(-c2cccs2)n1)c1n[nH]c2c1COCC2. The molecule has 0 saturated heterocycles. The monoisotopic (exact) mass is 331 g/mol. The van der Waals surface area contributed by atoms with Gasteiger partial charge in [-0.2, -0.15) is 10.1 Å². The molecule has 0 atom stereocenters. The fraction of sp³-hybridized carbons (Fsp3) is 0.286. The molecule has 23 heavy (non-hydrogen) atoms. The summed E-state index contributed by atoms with van der Waals surface area (Å²) in [6.07, 6.45) is 0.741. The van der Waals surface area contributed by atoms with Crippen LogP contribution in [0.5, 0.6) is 0 Å². The second-order valence-corrected chi connectivity index (χ2v) is 5.96. The first-order chi connectivity index (χ1) is 11.3. The number of ether oxygens (including phenoxy) is 1. The van der Waals surface area contributed by atoms with E-state index in [2.05, 4.69) is 25.7 Å². The summed E-state index contributed by atoms with van der Waals surface area (Å²) in [5.41, 5.74) is 2.14. The van der Waals surface area contributed by atoms with Crippen molar-refractivity contribution in [1.82, 2.24) is 25.7 Å². The van der Waals surface area contributed by atoms with Gasteiger partial charge in [0.2, 0.25) is 0 Å². The summed E-state index contributed by atoms with van der Waals surface area (Å²) in [6.45, 7) is 1.22. The molecule has 4 heterocycles. The van der Waals surface area contributed by atoms with Gasteiger partial charge in [-0.15, -0.1) is 11.3 Å². The number of hydrogen-bond donors (Lipinski definition) is 2. The molecule has 9 heteroatoms. The van der Waals surface area contributed by atoms with Crippen molar-refractivity contribution in [2.45, 2.75) is 19.6 Å². The Hall–Kier alpha value is -2.52. The predicted molar refractivity (Wildman–Crippen MR) is 80.7 cm³/mol. The molecule has 1 aliphatic heterocycles. The number of carbonyl (C=O) groups is 1. The van der Waals surface area contributed by atoms with Crippen molar-refractivity contribution in [1.29, 1.82) is 0 Å². The molecule has 0 saturated carbocycles. The summed E-state index contributed by atoms with van der Waals surface area (Å²) >= 11 is 1.52. The van der Waals surface area contributed by atoms with E-state index >= 15 is 0 Å². The highest BCUT2D eigenvalue weighted by atomic mass is 32.1. The minimum Gasteiger partial charge on any atom is -0.376 e. The fourth-order valence-electron chi connectivity index (χ4n) is 2.37. The van der Waals surface area contributed by atoms with Crippen molar-refractivity contribution < 1.29 is 14.1 Å². The molecule has 2 N–H and O–H groups in total. The first-order valence-electron chi connectivity index (χ1n) is 7.10. The summed E-state index contributed by atoms with van der Waals surface area (Å²) in [7, 11) is 0. The number of fused-ring (bicyclic) bond motifs is 1. The molecule has 0 aromatic carbocycles. The van der Waals surface area contributed by atoms with Crippen molar-refractivity contribution in [2.24, 2.45) is 0 Å². The number of amides is 1. The van der Waals surface area contributed by atoms with Crippen LogP contribution in [0.25, 0.3) is 10.8 Å². The molecule has 4 rings (SSSR count). The van der Waals surface area contributed by atoms with Gasteiger partial charge >= 0.3 is 0 Å². The lowest BCUT2D eigenvalue weighted by molar-refractivity contribution is 0.0921. The first kappa shape index (κ1) is 14.1. The molecular weight excluding hydrogens is 318 g/mol. The zero-order valence-corrected chi connectivity index (χ0v) is 12.9. The Bertz CT molecular complexity index is 823. The van der Waals surface area contributed by atoms with Crippen LogP contribution in [0, 0.1) is 0 Å². The summed E-state index contributed by atoms with van der Waals surface area (Å²) < 4.78 is 10.6. The van der Waals surface area contributed by atoms with Gasteiger partial charge in [0.1, 0.15) is 0 Å². The highest BCUT2D eigenvalue weighted by Crippen LogP contribution is 2.22. The lowest BCUT2D eigenvalue weighted by atomic mass is 10.1. The van der Waals surface area contributed by atoms with Gasteiger partial charge in [0.25, 0.3) is 11.8 Å².